The molecule has 2 aromatic heterocycles. The van der Waals surface area contributed by atoms with E-state index in [1.807, 2.05) is 40.9 Å². The predicted octanol–water partition coefficient (Wildman–Crippen LogP) is 1.48. The van der Waals surface area contributed by atoms with Gasteiger partial charge in [0.2, 0.25) is 5.91 Å². The quantitative estimate of drug-likeness (QED) is 0.843. The van der Waals surface area contributed by atoms with Crippen LogP contribution in [0.3, 0.4) is 0 Å². The zero-order valence-electron chi connectivity index (χ0n) is 9.05. The largest absolute Gasteiger partial charge is 0.353 e. The van der Waals surface area contributed by atoms with E-state index in [1.54, 1.807) is 6.20 Å². The third-order valence-electron chi connectivity index (χ3n) is 2.20. The third-order valence-corrected chi connectivity index (χ3v) is 2.20. The molecular formula is C12H13N3O. The summed E-state index contributed by atoms with van der Waals surface area (Å²) in [6.45, 7) is 2.04. The Morgan fingerprint density at radius 3 is 3.25 bits per heavy atom. The van der Waals surface area contributed by atoms with Crippen molar-refractivity contribution in [3.8, 4) is 0 Å². The number of carbonyl (C=O) groups is 1. The minimum Gasteiger partial charge on any atom is -0.353 e. The van der Waals surface area contributed by atoms with E-state index >= 15 is 0 Å². The molecule has 0 saturated heterocycles. The Morgan fingerprint density at radius 2 is 2.44 bits per heavy atom. The normalized spacial score (nSPS) is 11.1. The molecule has 2 heterocycles. The van der Waals surface area contributed by atoms with Gasteiger partial charge in [-0.2, -0.15) is 0 Å². The van der Waals surface area contributed by atoms with Crippen LogP contribution in [-0.4, -0.2) is 21.8 Å². The summed E-state index contributed by atoms with van der Waals surface area (Å²) in [5.74, 6) is -0.0252. The van der Waals surface area contributed by atoms with Crippen LogP contribution in [0.1, 0.15) is 12.6 Å². The highest BCUT2D eigenvalue weighted by atomic mass is 16.1. The number of rotatable bonds is 3. The Labute approximate surface area is 93.6 Å². The number of imidazole rings is 1. The maximum atomic E-state index is 10.7. The van der Waals surface area contributed by atoms with Crippen molar-refractivity contribution in [3.05, 3.63) is 42.4 Å². The van der Waals surface area contributed by atoms with Gasteiger partial charge in [0, 0.05) is 19.7 Å². The van der Waals surface area contributed by atoms with E-state index in [9.17, 15) is 4.79 Å². The van der Waals surface area contributed by atoms with Gasteiger partial charge in [0.1, 0.15) is 5.65 Å². The number of carbonyl (C=O) groups excluding carboxylic acids is 1. The Kier molecular flexibility index (Phi) is 3.00. The molecule has 0 radical (unpaired) electrons. The minimum atomic E-state index is -0.0252. The maximum Gasteiger partial charge on any atom is 0.217 e. The number of pyridine rings is 1. The summed E-state index contributed by atoms with van der Waals surface area (Å²) in [5.41, 5.74) is 1.92. The van der Waals surface area contributed by atoms with Crippen LogP contribution < -0.4 is 5.32 Å². The number of fused-ring (bicyclic) bond motifs is 1. The van der Waals surface area contributed by atoms with Crippen molar-refractivity contribution in [2.45, 2.75) is 6.92 Å². The van der Waals surface area contributed by atoms with Gasteiger partial charge in [-0.3, -0.25) is 4.79 Å². The van der Waals surface area contributed by atoms with Crippen molar-refractivity contribution < 1.29 is 4.79 Å². The molecule has 0 saturated carbocycles. The second kappa shape index (κ2) is 4.61. The molecule has 0 aliphatic carbocycles. The van der Waals surface area contributed by atoms with Crippen LogP contribution in [0.2, 0.25) is 0 Å². The van der Waals surface area contributed by atoms with Crippen molar-refractivity contribution in [2.24, 2.45) is 0 Å². The van der Waals surface area contributed by atoms with Crippen molar-refractivity contribution in [3.63, 3.8) is 0 Å². The molecule has 4 heteroatoms. The Bertz CT molecular complexity index is 528. The fourth-order valence-corrected chi connectivity index (χ4v) is 1.46. The van der Waals surface area contributed by atoms with Crippen LogP contribution in [0, 0.1) is 0 Å². The van der Waals surface area contributed by atoms with E-state index in [-0.39, 0.29) is 5.91 Å². The number of amides is 1. The summed E-state index contributed by atoms with van der Waals surface area (Å²) >= 11 is 0. The number of aromatic nitrogens is 2. The highest BCUT2D eigenvalue weighted by molar-refractivity contribution is 5.73. The fraction of sp³-hybridized carbons (Fsp3) is 0.167. The summed E-state index contributed by atoms with van der Waals surface area (Å²) in [6.07, 6.45) is 7.60. The van der Waals surface area contributed by atoms with Crippen molar-refractivity contribution >= 4 is 17.6 Å². The lowest BCUT2D eigenvalue weighted by Gasteiger charge is -1.96. The first kappa shape index (κ1) is 10.4. The Balaban J connectivity index is 2.12. The Hall–Kier alpha value is -2.10. The topological polar surface area (TPSA) is 46.4 Å². The standard InChI is InChI=1S/C12H13N3O/c1-10(16)13-7-4-5-11-9-14-12-6-2-3-8-15(11)12/h2-6,8-9H,7H2,1H3,(H,13,16). The van der Waals surface area contributed by atoms with Gasteiger partial charge in [0.05, 0.1) is 11.9 Å². The van der Waals surface area contributed by atoms with Gasteiger partial charge in [-0.15, -0.1) is 0 Å². The summed E-state index contributed by atoms with van der Waals surface area (Å²) in [4.78, 5) is 14.9. The number of nitrogens with zero attached hydrogens (tertiary/aromatic N) is 2. The maximum absolute atomic E-state index is 10.7. The van der Waals surface area contributed by atoms with E-state index in [1.165, 1.54) is 6.92 Å². The van der Waals surface area contributed by atoms with Gasteiger partial charge in [0.15, 0.2) is 0 Å². The van der Waals surface area contributed by atoms with Crippen molar-refractivity contribution in [1.82, 2.24) is 14.7 Å². The van der Waals surface area contributed by atoms with Gasteiger partial charge in [0.25, 0.3) is 0 Å². The summed E-state index contributed by atoms with van der Waals surface area (Å²) in [6, 6.07) is 5.86. The van der Waals surface area contributed by atoms with Gasteiger partial charge in [-0.05, 0) is 18.2 Å². The zero-order chi connectivity index (χ0) is 11.4. The van der Waals surface area contributed by atoms with Crippen LogP contribution in [0.15, 0.2) is 36.7 Å². The molecule has 82 valence electrons. The molecule has 0 aliphatic rings. The van der Waals surface area contributed by atoms with E-state index in [4.69, 9.17) is 0 Å². The second-order valence-electron chi connectivity index (χ2n) is 3.45. The third kappa shape index (κ3) is 2.28. The predicted molar refractivity (Wildman–Crippen MR) is 62.9 cm³/mol. The van der Waals surface area contributed by atoms with Crippen LogP contribution in [-0.2, 0) is 4.79 Å². The van der Waals surface area contributed by atoms with E-state index in [2.05, 4.69) is 10.3 Å². The summed E-state index contributed by atoms with van der Waals surface area (Å²) in [5, 5.41) is 2.70. The molecule has 1 amide bonds. The molecule has 0 bridgehead atoms. The molecule has 2 rings (SSSR count). The van der Waals surface area contributed by atoms with Gasteiger partial charge >= 0.3 is 0 Å². The van der Waals surface area contributed by atoms with Crippen LogP contribution in [0.4, 0.5) is 0 Å². The molecular weight excluding hydrogens is 202 g/mol. The van der Waals surface area contributed by atoms with E-state index in [0.717, 1.165) is 11.3 Å². The average molecular weight is 215 g/mol. The highest BCUT2D eigenvalue weighted by Gasteiger charge is 1.97. The first-order valence-electron chi connectivity index (χ1n) is 5.10. The molecule has 0 atom stereocenters. The molecule has 4 nitrogen and oxygen atoms in total. The van der Waals surface area contributed by atoms with Gasteiger partial charge < -0.3 is 9.72 Å². The summed E-state index contributed by atoms with van der Waals surface area (Å²) < 4.78 is 1.99. The SMILES string of the molecule is CC(=O)NCC=Cc1cnc2ccccn12. The number of hydrogen-bond acceptors (Lipinski definition) is 2. The number of hydrogen-bond donors (Lipinski definition) is 1. The second-order valence-corrected chi connectivity index (χ2v) is 3.45. The molecule has 2 aromatic rings. The van der Waals surface area contributed by atoms with Crippen molar-refractivity contribution in [1.29, 1.82) is 0 Å². The lowest BCUT2D eigenvalue weighted by molar-refractivity contribution is -0.118. The summed E-state index contributed by atoms with van der Waals surface area (Å²) in [7, 11) is 0. The average Bonchev–Trinajstić information content (AvgIpc) is 2.68. The minimum absolute atomic E-state index is 0.0252. The van der Waals surface area contributed by atoms with E-state index in [0.29, 0.717) is 6.54 Å². The van der Waals surface area contributed by atoms with Crippen molar-refractivity contribution in [2.75, 3.05) is 6.54 Å². The van der Waals surface area contributed by atoms with Crippen LogP contribution in [0.25, 0.3) is 11.7 Å². The van der Waals surface area contributed by atoms with Gasteiger partial charge in [-0.25, -0.2) is 4.98 Å². The first-order chi connectivity index (χ1) is 7.77. The highest BCUT2D eigenvalue weighted by Crippen LogP contribution is 2.07. The number of nitrogens with one attached hydrogen (secondary N) is 1. The molecule has 0 aromatic carbocycles. The fourth-order valence-electron chi connectivity index (χ4n) is 1.46. The molecule has 0 unspecified atom stereocenters. The molecule has 0 aliphatic heterocycles. The molecule has 0 spiro atoms. The lowest BCUT2D eigenvalue weighted by atomic mass is 10.4. The van der Waals surface area contributed by atoms with E-state index < -0.39 is 0 Å². The van der Waals surface area contributed by atoms with Crippen LogP contribution >= 0.6 is 0 Å². The molecule has 16 heavy (non-hydrogen) atoms. The van der Waals surface area contributed by atoms with Crippen LogP contribution in [0.5, 0.6) is 0 Å². The lowest BCUT2D eigenvalue weighted by Crippen LogP contribution is -2.19. The Morgan fingerprint density at radius 1 is 1.56 bits per heavy atom. The molecule has 1 N–H and O–H groups in total. The first-order valence-corrected chi connectivity index (χ1v) is 5.10. The molecule has 0 fully saturated rings. The monoisotopic (exact) mass is 215 g/mol. The van der Waals surface area contributed by atoms with Gasteiger partial charge in [-0.1, -0.05) is 12.1 Å². The zero-order valence-corrected chi connectivity index (χ0v) is 9.05. The smallest absolute Gasteiger partial charge is 0.217 e.